The Morgan fingerprint density at radius 1 is 0.727 bits per heavy atom. The fraction of sp³-hybridized carbons (Fsp3) is 0.167. The lowest BCUT2D eigenvalue weighted by molar-refractivity contribution is 0.750. The largest absolute Gasteiger partial charge is 0.336 e. The molecule has 3 aromatic rings. The molecule has 22 heavy (non-hydrogen) atoms. The molecule has 1 aromatic carbocycles. The molecule has 0 N–H and O–H groups in total. The van der Waals surface area contributed by atoms with Crippen molar-refractivity contribution < 1.29 is 0 Å². The summed E-state index contributed by atoms with van der Waals surface area (Å²) in [6.45, 7) is 1.65. The Labute approximate surface area is 130 Å². The molecule has 0 atom stereocenters. The van der Waals surface area contributed by atoms with Gasteiger partial charge in [-0.3, -0.25) is 4.98 Å². The molecule has 110 valence electrons. The number of rotatable bonds is 6. The van der Waals surface area contributed by atoms with E-state index >= 15 is 0 Å². The summed E-state index contributed by atoms with van der Waals surface area (Å²) in [6, 6.07) is 16.4. The van der Waals surface area contributed by atoms with Crippen molar-refractivity contribution in [3.8, 4) is 0 Å². The van der Waals surface area contributed by atoms with E-state index in [-0.39, 0.29) is 0 Å². The summed E-state index contributed by atoms with van der Waals surface area (Å²) in [7, 11) is 0. The summed E-state index contributed by atoms with van der Waals surface area (Å²) in [5.74, 6) is 0.759. The minimum absolute atomic E-state index is 0.759. The van der Waals surface area contributed by atoms with Gasteiger partial charge in [0.1, 0.15) is 0 Å². The standard InChI is InChI=1S/C18H18N4/c1-2-5-16(6-3-1)9-14-22(18-20-10-4-11-21-18)15-17-7-12-19-13-8-17/h1-8,10-13H,9,14-15H2. The third-order valence-corrected chi connectivity index (χ3v) is 3.47. The van der Waals surface area contributed by atoms with Gasteiger partial charge >= 0.3 is 0 Å². The topological polar surface area (TPSA) is 41.9 Å². The van der Waals surface area contributed by atoms with E-state index in [9.17, 15) is 0 Å². The lowest BCUT2D eigenvalue weighted by atomic mass is 10.1. The SMILES string of the molecule is c1ccc(CCN(Cc2ccncc2)c2ncccn2)cc1. The Balaban J connectivity index is 1.74. The van der Waals surface area contributed by atoms with Crippen LogP contribution in [0.15, 0.2) is 73.3 Å². The molecule has 3 rings (SSSR count). The zero-order chi connectivity index (χ0) is 15.0. The van der Waals surface area contributed by atoms with Crippen LogP contribution in [0, 0.1) is 0 Å². The third-order valence-electron chi connectivity index (χ3n) is 3.47. The maximum Gasteiger partial charge on any atom is 0.225 e. The van der Waals surface area contributed by atoms with E-state index in [0.29, 0.717) is 0 Å². The molecule has 0 spiro atoms. The van der Waals surface area contributed by atoms with Gasteiger partial charge in [0.2, 0.25) is 5.95 Å². The predicted octanol–water partition coefficient (Wildman–Crippen LogP) is 3.12. The Kier molecular flexibility index (Phi) is 4.72. The van der Waals surface area contributed by atoms with Gasteiger partial charge in [-0.25, -0.2) is 9.97 Å². The summed E-state index contributed by atoms with van der Waals surface area (Å²) in [5.41, 5.74) is 2.52. The lowest BCUT2D eigenvalue weighted by Crippen LogP contribution is -2.27. The van der Waals surface area contributed by atoms with E-state index in [1.165, 1.54) is 11.1 Å². The van der Waals surface area contributed by atoms with Crippen molar-refractivity contribution in [3.63, 3.8) is 0 Å². The van der Waals surface area contributed by atoms with Crippen molar-refractivity contribution in [3.05, 3.63) is 84.4 Å². The third kappa shape index (κ3) is 3.88. The minimum Gasteiger partial charge on any atom is -0.336 e. The van der Waals surface area contributed by atoms with Crippen LogP contribution in [-0.2, 0) is 13.0 Å². The Hall–Kier alpha value is -2.75. The van der Waals surface area contributed by atoms with Crippen LogP contribution in [0.2, 0.25) is 0 Å². The van der Waals surface area contributed by atoms with Crippen LogP contribution < -0.4 is 4.90 Å². The highest BCUT2D eigenvalue weighted by Crippen LogP contribution is 2.12. The van der Waals surface area contributed by atoms with Crippen LogP contribution in [0.3, 0.4) is 0 Å². The normalized spacial score (nSPS) is 10.4. The van der Waals surface area contributed by atoms with Crippen LogP contribution in [0.1, 0.15) is 11.1 Å². The Bertz CT molecular complexity index is 671. The molecule has 2 aromatic heterocycles. The van der Waals surface area contributed by atoms with Crippen LogP contribution in [0.25, 0.3) is 0 Å². The van der Waals surface area contributed by atoms with Crippen molar-refractivity contribution in [2.24, 2.45) is 0 Å². The second kappa shape index (κ2) is 7.31. The number of benzene rings is 1. The van der Waals surface area contributed by atoms with Crippen LogP contribution >= 0.6 is 0 Å². The zero-order valence-electron chi connectivity index (χ0n) is 12.3. The van der Waals surface area contributed by atoms with Gasteiger partial charge in [-0.15, -0.1) is 0 Å². The van der Waals surface area contributed by atoms with E-state index < -0.39 is 0 Å². The maximum atomic E-state index is 4.39. The first-order valence-corrected chi connectivity index (χ1v) is 7.36. The first-order chi connectivity index (χ1) is 10.9. The van der Waals surface area contributed by atoms with Gasteiger partial charge < -0.3 is 4.90 Å². The smallest absolute Gasteiger partial charge is 0.225 e. The van der Waals surface area contributed by atoms with Crippen molar-refractivity contribution in [2.45, 2.75) is 13.0 Å². The van der Waals surface area contributed by atoms with Crippen molar-refractivity contribution in [1.82, 2.24) is 15.0 Å². The number of hydrogen-bond donors (Lipinski definition) is 0. The van der Waals surface area contributed by atoms with Gasteiger partial charge in [-0.2, -0.15) is 0 Å². The molecule has 2 heterocycles. The molecule has 0 unspecified atom stereocenters. The second-order valence-electron chi connectivity index (χ2n) is 5.06. The summed E-state index contributed by atoms with van der Waals surface area (Å²) >= 11 is 0. The summed E-state index contributed by atoms with van der Waals surface area (Å²) in [6.07, 6.45) is 8.16. The lowest BCUT2D eigenvalue weighted by Gasteiger charge is -2.22. The summed E-state index contributed by atoms with van der Waals surface area (Å²) in [5, 5.41) is 0. The van der Waals surface area contributed by atoms with Gasteiger partial charge in [-0.1, -0.05) is 30.3 Å². The van der Waals surface area contributed by atoms with Gasteiger partial charge in [0.15, 0.2) is 0 Å². The molecule has 0 aliphatic heterocycles. The van der Waals surface area contributed by atoms with Crippen LogP contribution in [0.4, 0.5) is 5.95 Å². The monoisotopic (exact) mass is 290 g/mol. The van der Waals surface area contributed by atoms with Gasteiger partial charge in [-0.05, 0) is 35.7 Å². The summed E-state index contributed by atoms with van der Waals surface area (Å²) < 4.78 is 0. The second-order valence-corrected chi connectivity index (χ2v) is 5.06. The molecule has 0 fully saturated rings. The molecule has 4 heteroatoms. The molecule has 0 bridgehead atoms. The molecule has 4 nitrogen and oxygen atoms in total. The van der Waals surface area contributed by atoms with E-state index in [4.69, 9.17) is 0 Å². The number of anilines is 1. The zero-order valence-corrected chi connectivity index (χ0v) is 12.3. The molecule has 0 aliphatic rings. The minimum atomic E-state index is 0.759. The van der Waals surface area contributed by atoms with E-state index in [2.05, 4.69) is 44.1 Å². The number of hydrogen-bond acceptors (Lipinski definition) is 4. The average molecular weight is 290 g/mol. The van der Waals surface area contributed by atoms with E-state index in [1.807, 2.05) is 36.7 Å². The van der Waals surface area contributed by atoms with Crippen molar-refractivity contribution in [2.75, 3.05) is 11.4 Å². The highest BCUT2D eigenvalue weighted by molar-refractivity contribution is 5.31. The van der Waals surface area contributed by atoms with Crippen molar-refractivity contribution in [1.29, 1.82) is 0 Å². The molecule has 0 saturated carbocycles. The molecular weight excluding hydrogens is 272 g/mol. The molecular formula is C18H18N4. The Morgan fingerprint density at radius 2 is 1.45 bits per heavy atom. The van der Waals surface area contributed by atoms with E-state index in [0.717, 1.165) is 25.5 Å². The maximum absolute atomic E-state index is 4.39. The first kappa shape index (κ1) is 14.2. The quantitative estimate of drug-likeness (QED) is 0.699. The average Bonchev–Trinajstić information content (AvgIpc) is 2.61. The fourth-order valence-electron chi connectivity index (χ4n) is 2.32. The number of aromatic nitrogens is 3. The predicted molar refractivity (Wildman–Crippen MR) is 87.5 cm³/mol. The fourth-order valence-corrected chi connectivity index (χ4v) is 2.32. The number of pyridine rings is 1. The van der Waals surface area contributed by atoms with Gasteiger partial charge in [0.25, 0.3) is 0 Å². The molecule has 0 aliphatic carbocycles. The Morgan fingerprint density at radius 3 is 2.18 bits per heavy atom. The highest BCUT2D eigenvalue weighted by Gasteiger charge is 2.10. The molecule has 0 amide bonds. The number of nitrogens with zero attached hydrogens (tertiary/aromatic N) is 4. The molecule has 0 saturated heterocycles. The van der Waals surface area contributed by atoms with Crippen LogP contribution in [-0.4, -0.2) is 21.5 Å². The molecule has 0 radical (unpaired) electrons. The van der Waals surface area contributed by atoms with Gasteiger partial charge in [0.05, 0.1) is 0 Å². The highest BCUT2D eigenvalue weighted by atomic mass is 15.2. The summed E-state index contributed by atoms with van der Waals surface area (Å²) in [4.78, 5) is 15.0. The van der Waals surface area contributed by atoms with E-state index in [1.54, 1.807) is 12.4 Å². The first-order valence-electron chi connectivity index (χ1n) is 7.36. The van der Waals surface area contributed by atoms with Crippen molar-refractivity contribution >= 4 is 5.95 Å². The van der Waals surface area contributed by atoms with Crippen LogP contribution in [0.5, 0.6) is 0 Å². The van der Waals surface area contributed by atoms with Gasteiger partial charge in [0, 0.05) is 37.9 Å².